The number of hydrogen-bond acceptors (Lipinski definition) is 14. The Labute approximate surface area is 530 Å². The molecule has 1 aliphatic rings. The number of anilines is 2. The van der Waals surface area contributed by atoms with Crippen molar-refractivity contribution in [2.45, 2.75) is 58.4 Å². The van der Waals surface area contributed by atoms with E-state index in [4.69, 9.17) is 72.3 Å². The molecule has 27 heteroatoms. The molecule has 9 aromatic rings. The molecular formula is C60H60Cl5N13O8S. The minimum atomic E-state index is -0.791. The number of aliphatic hydroxyl groups is 1. The largest absolute Gasteiger partial charge is 0.472 e. The monoisotopic (exact) mass is 1300 g/mol. The number of para-hydroxylation sites is 2. The third kappa shape index (κ3) is 18.9. The number of halogens is 5. The normalized spacial score (nSPS) is 14.8. The van der Waals surface area contributed by atoms with Gasteiger partial charge in [0.15, 0.2) is 9.50 Å². The summed E-state index contributed by atoms with van der Waals surface area (Å²) in [5.74, 6) is 0.434. The Morgan fingerprint density at radius 2 is 1.55 bits per heavy atom. The number of rotatable bonds is 16. The number of pyridine rings is 1. The molecule has 1 aliphatic carbocycles. The van der Waals surface area contributed by atoms with Gasteiger partial charge >= 0.3 is 6.09 Å². The number of methoxy groups -OCH3 is 1. The quantitative estimate of drug-likeness (QED) is 0.0231. The smallest absolute Gasteiger partial charge is 0.438 e. The number of amides is 2. The summed E-state index contributed by atoms with van der Waals surface area (Å²) in [5, 5.41) is 43.9. The average Bonchev–Trinajstić information content (AvgIpc) is 1.89. The van der Waals surface area contributed by atoms with Crippen molar-refractivity contribution in [1.29, 1.82) is 0 Å². The number of hydrogen-bond donors (Lipinski definition) is 4. The standard InChI is InChI=1S/C19H18ClN3O4.C18H12Cl2N2O.C17H22ClN3O.C6H8ClN5O2S/c1-25-19(24)23(26-2)17-6-4-3-5-14(17)13-27-18-11-12-22(21-18)16-9-7-15(20)8-10-16;19-13-9-7-12(8-10-13)14-4-1-2-6-16(14)22-18(23)15-5-3-11-21-17(15)20;1-16(2)8-7-14(9-13-3-5-15(18)6-4-13)17(16,22)10-21-12-19-11-20-21;1-8-6(11-12(13)14)10-3-4-2-9-5(7)15-4/h3-12H,13H2,1-2H3;1-11H,(H,22,23);3-6,11-12,14,22H,7-10H2,1-2H3;2H,3H2,1H3,(H2,8,10,11). The Balaban J connectivity index is 0.000000169. The van der Waals surface area contributed by atoms with Gasteiger partial charge in [-0.1, -0.05) is 133 Å². The van der Waals surface area contributed by atoms with Crippen molar-refractivity contribution in [3.63, 3.8) is 0 Å². The van der Waals surface area contributed by atoms with Gasteiger partial charge in [0.2, 0.25) is 5.88 Å². The van der Waals surface area contributed by atoms with Crippen LogP contribution in [0.5, 0.6) is 5.88 Å². The van der Waals surface area contributed by atoms with Gasteiger partial charge in [0, 0.05) is 68.5 Å². The maximum Gasteiger partial charge on any atom is 0.438 e. The lowest BCUT2D eigenvalue weighted by Crippen LogP contribution is -2.49. The van der Waals surface area contributed by atoms with E-state index in [1.165, 1.54) is 44.5 Å². The minimum absolute atomic E-state index is 0.0875. The van der Waals surface area contributed by atoms with Crippen LogP contribution in [0.2, 0.25) is 24.7 Å². The molecule has 1 fully saturated rings. The Morgan fingerprint density at radius 3 is 2.18 bits per heavy atom. The van der Waals surface area contributed by atoms with Crippen molar-refractivity contribution in [1.82, 2.24) is 45.1 Å². The first kappa shape index (κ1) is 66.3. The highest BCUT2D eigenvalue weighted by molar-refractivity contribution is 7.15. The minimum Gasteiger partial charge on any atom is -0.472 e. The topological polar surface area (TPSA) is 251 Å². The van der Waals surface area contributed by atoms with Crippen LogP contribution < -0.4 is 25.8 Å². The van der Waals surface area contributed by atoms with Gasteiger partial charge in [-0.05, 0) is 115 Å². The van der Waals surface area contributed by atoms with Gasteiger partial charge in [0.05, 0.1) is 49.8 Å². The van der Waals surface area contributed by atoms with Crippen LogP contribution in [0.3, 0.4) is 0 Å². The molecule has 2 unspecified atom stereocenters. The molecule has 2 atom stereocenters. The predicted molar refractivity (Wildman–Crippen MR) is 339 cm³/mol. The Kier molecular flexibility index (Phi) is 24.4. The summed E-state index contributed by atoms with van der Waals surface area (Å²) in [4.78, 5) is 52.1. The van der Waals surface area contributed by atoms with E-state index in [1.807, 2.05) is 97.1 Å². The lowest BCUT2D eigenvalue weighted by Gasteiger charge is -2.40. The number of nitro groups is 1. The average molecular weight is 1300 g/mol. The maximum absolute atomic E-state index is 12.4. The van der Waals surface area contributed by atoms with Crippen molar-refractivity contribution in [3.8, 4) is 22.7 Å². The zero-order valence-electron chi connectivity index (χ0n) is 47.6. The fourth-order valence-electron chi connectivity index (χ4n) is 9.09. The summed E-state index contributed by atoms with van der Waals surface area (Å²) in [7, 11) is 4.22. The zero-order chi connectivity index (χ0) is 62.5. The number of nitrogens with one attached hydrogen (secondary N) is 3. The number of carbonyl (C=O) groups is 2. The molecule has 4 heterocycles. The highest BCUT2D eigenvalue weighted by Crippen LogP contribution is 2.51. The molecule has 87 heavy (non-hydrogen) atoms. The van der Waals surface area contributed by atoms with Crippen LogP contribution in [-0.4, -0.2) is 89.5 Å². The summed E-state index contributed by atoms with van der Waals surface area (Å²) in [5.41, 5.74) is 5.31. The van der Waals surface area contributed by atoms with Crippen molar-refractivity contribution >= 4 is 98.7 Å². The second kappa shape index (κ2) is 32.0. The van der Waals surface area contributed by atoms with E-state index in [9.17, 15) is 24.8 Å². The lowest BCUT2D eigenvalue weighted by molar-refractivity contribution is -0.485. The molecule has 5 aromatic carbocycles. The second-order valence-corrected chi connectivity index (χ2v) is 23.0. The summed E-state index contributed by atoms with van der Waals surface area (Å²) in [6.07, 6.45) is 10.4. The van der Waals surface area contributed by atoms with Gasteiger partial charge in [0.1, 0.15) is 29.5 Å². The molecule has 10 rings (SSSR count). The van der Waals surface area contributed by atoms with E-state index in [0.29, 0.717) is 50.4 Å². The highest BCUT2D eigenvalue weighted by Gasteiger charge is 2.54. The number of ether oxygens (including phenoxy) is 2. The number of carbonyl (C=O) groups excluding carboxylic acids is 2. The van der Waals surface area contributed by atoms with E-state index in [0.717, 1.165) is 56.6 Å². The van der Waals surface area contributed by atoms with Crippen molar-refractivity contribution in [3.05, 3.63) is 227 Å². The molecule has 454 valence electrons. The molecule has 2 amide bonds. The Hall–Kier alpha value is -8.19. The third-order valence-electron chi connectivity index (χ3n) is 13.7. The molecule has 0 bridgehead atoms. The predicted octanol–water partition coefficient (Wildman–Crippen LogP) is 13.5. The van der Waals surface area contributed by atoms with Gasteiger partial charge in [-0.3, -0.25) is 14.3 Å². The summed E-state index contributed by atoms with van der Waals surface area (Å²) in [6.45, 7) is 5.36. The van der Waals surface area contributed by atoms with Crippen molar-refractivity contribution in [2.75, 3.05) is 31.6 Å². The number of hydroxylamine groups is 1. The SMILES string of the molecule is CC1(C)CCC(Cc2ccc(Cl)cc2)C1(O)Cn1cncn1.CN/C(=N\[N+](=O)[O-])NCc1cnc(Cl)s1.COC(=O)N(OC)c1ccccc1COc1ccn(-c2ccc(Cl)cc2)n1.O=C(Nc1ccccc1-c1ccc(Cl)cc1)c1cccnc1Cl. The number of thiazole rings is 1. The van der Waals surface area contributed by atoms with E-state index in [1.54, 1.807) is 76.7 Å². The molecule has 21 nitrogen and oxygen atoms in total. The van der Waals surface area contributed by atoms with Crippen LogP contribution in [0, 0.1) is 21.4 Å². The second-order valence-electron chi connectivity index (χ2n) is 19.6. The van der Waals surface area contributed by atoms with Crippen LogP contribution >= 0.6 is 69.3 Å². The van der Waals surface area contributed by atoms with Crippen LogP contribution in [0.4, 0.5) is 16.2 Å². The van der Waals surface area contributed by atoms with Crippen LogP contribution in [0.25, 0.3) is 16.8 Å². The molecule has 0 radical (unpaired) electrons. The molecule has 0 aliphatic heterocycles. The fraction of sp³-hybridized carbons (Fsp3) is 0.233. The van der Waals surface area contributed by atoms with Crippen LogP contribution in [-0.2, 0) is 35.7 Å². The van der Waals surface area contributed by atoms with Gasteiger partial charge in [-0.25, -0.2) is 34.5 Å². The molecule has 1 saturated carbocycles. The van der Waals surface area contributed by atoms with Gasteiger partial charge < -0.3 is 30.5 Å². The third-order valence-corrected chi connectivity index (χ3v) is 15.9. The van der Waals surface area contributed by atoms with E-state index in [-0.39, 0.29) is 35.0 Å². The highest BCUT2D eigenvalue weighted by atomic mass is 35.5. The van der Waals surface area contributed by atoms with Crippen molar-refractivity contribution < 1.29 is 34.0 Å². The first-order chi connectivity index (χ1) is 41.8. The summed E-state index contributed by atoms with van der Waals surface area (Å²) < 4.78 is 14.4. The van der Waals surface area contributed by atoms with Crippen LogP contribution in [0.15, 0.2) is 176 Å². The van der Waals surface area contributed by atoms with E-state index < -0.39 is 16.7 Å². The Bertz CT molecular complexity index is 3710. The summed E-state index contributed by atoms with van der Waals surface area (Å²) >= 11 is 30.7. The number of nitrogens with zero attached hydrogens (tertiary/aromatic N) is 10. The summed E-state index contributed by atoms with van der Waals surface area (Å²) in [6, 6.07) is 42.5. The maximum atomic E-state index is 12.4. The number of hydrazone groups is 1. The Morgan fingerprint density at radius 1 is 0.874 bits per heavy atom. The zero-order valence-corrected chi connectivity index (χ0v) is 52.2. The van der Waals surface area contributed by atoms with Crippen LogP contribution in [0.1, 0.15) is 53.1 Å². The number of guanidine groups is 1. The van der Waals surface area contributed by atoms with E-state index in [2.05, 4.69) is 60.0 Å². The molecule has 0 saturated heterocycles. The number of benzene rings is 5. The van der Waals surface area contributed by atoms with Gasteiger partial charge in [0.25, 0.3) is 11.9 Å². The van der Waals surface area contributed by atoms with Crippen molar-refractivity contribution in [2.24, 2.45) is 16.4 Å². The first-order valence-corrected chi connectivity index (χ1v) is 29.3. The molecular weight excluding hydrogens is 1240 g/mol. The van der Waals surface area contributed by atoms with Gasteiger partial charge in [-0.2, -0.15) is 10.2 Å². The van der Waals surface area contributed by atoms with E-state index >= 15 is 0 Å². The lowest BCUT2D eigenvalue weighted by atomic mass is 9.72. The molecule has 4 N–H and O–H groups in total. The molecule has 4 aromatic heterocycles. The fourth-order valence-corrected chi connectivity index (χ4v) is 10.6. The molecule has 0 spiro atoms. The number of aromatic nitrogens is 7. The van der Waals surface area contributed by atoms with Gasteiger partial charge in [-0.15, -0.1) is 16.4 Å². The first-order valence-electron chi connectivity index (χ1n) is 26.5.